The molecule has 1 aromatic rings. The summed E-state index contributed by atoms with van der Waals surface area (Å²) in [5.41, 5.74) is 1.40. The molecule has 4 fully saturated rings. The lowest BCUT2D eigenvalue weighted by Gasteiger charge is -2.57. The van der Waals surface area contributed by atoms with Crippen LogP contribution in [0.5, 0.6) is 0 Å². The molecular weight excluding hydrogens is 302 g/mol. The van der Waals surface area contributed by atoms with E-state index < -0.39 is 0 Å². The highest BCUT2D eigenvalue weighted by atomic mass is 32.2. The van der Waals surface area contributed by atoms with Crippen molar-refractivity contribution in [1.82, 2.24) is 5.32 Å². The molecule has 1 aromatic carbocycles. The summed E-state index contributed by atoms with van der Waals surface area (Å²) in [6.07, 6.45) is 7.94. The number of carbonyl (C=O) groups is 1. The second kappa shape index (κ2) is 5.84. The Morgan fingerprint density at radius 2 is 1.61 bits per heavy atom. The first-order valence-electron chi connectivity index (χ1n) is 9.07. The highest BCUT2D eigenvalue weighted by Crippen LogP contribution is 2.55. The minimum atomic E-state index is -0.0225. The van der Waals surface area contributed by atoms with Crippen molar-refractivity contribution in [3.63, 3.8) is 0 Å². The lowest BCUT2D eigenvalue weighted by molar-refractivity contribution is -0.126. The Morgan fingerprint density at radius 3 is 2.13 bits per heavy atom. The van der Waals surface area contributed by atoms with Gasteiger partial charge in [0.05, 0.1) is 5.25 Å². The highest BCUT2D eigenvalue weighted by Gasteiger charge is 2.51. The fraction of sp³-hybridized carbons (Fsp3) is 0.650. The molecule has 0 heterocycles. The van der Waals surface area contributed by atoms with Crippen LogP contribution in [-0.2, 0) is 4.79 Å². The number of benzene rings is 1. The van der Waals surface area contributed by atoms with Crippen molar-refractivity contribution in [2.75, 3.05) is 0 Å². The van der Waals surface area contributed by atoms with Crippen LogP contribution in [-0.4, -0.2) is 16.7 Å². The molecule has 124 valence electrons. The maximum atomic E-state index is 12.8. The summed E-state index contributed by atoms with van der Waals surface area (Å²) in [5, 5.41) is 3.47. The summed E-state index contributed by atoms with van der Waals surface area (Å²) >= 11 is 1.68. The first-order valence-corrected chi connectivity index (χ1v) is 9.95. The van der Waals surface area contributed by atoms with Gasteiger partial charge in [-0.3, -0.25) is 4.79 Å². The average molecular weight is 330 g/mol. The molecular formula is C20H27NOS. The van der Waals surface area contributed by atoms with Gasteiger partial charge in [0.25, 0.3) is 0 Å². The Balaban J connectivity index is 1.40. The Kier molecular flexibility index (Phi) is 3.95. The molecule has 0 radical (unpaired) electrons. The Labute approximate surface area is 143 Å². The molecule has 5 rings (SSSR count). The number of hydrogen-bond acceptors (Lipinski definition) is 2. The molecule has 4 aliphatic rings. The summed E-state index contributed by atoms with van der Waals surface area (Å²) in [5.74, 6) is 2.86. The molecule has 3 heteroatoms. The van der Waals surface area contributed by atoms with E-state index in [1.807, 2.05) is 6.92 Å². The Bertz CT molecular complexity index is 559. The van der Waals surface area contributed by atoms with E-state index in [4.69, 9.17) is 0 Å². The molecule has 4 bridgehead atoms. The molecule has 0 aromatic heterocycles. The summed E-state index contributed by atoms with van der Waals surface area (Å²) in [6.45, 7) is 4.14. The molecule has 0 aliphatic heterocycles. The zero-order valence-corrected chi connectivity index (χ0v) is 15.0. The molecule has 0 saturated heterocycles. The standard InChI is InChI=1S/C20H27NOS/c1-13-3-5-18(6-4-13)23-14(2)19(22)21-20-10-15-7-16(11-20)9-17(8-15)12-20/h3-6,14-17H,7-12H2,1-2H3,(H,21,22). The molecule has 2 nitrogen and oxygen atoms in total. The fourth-order valence-corrected chi connectivity index (χ4v) is 6.37. The maximum Gasteiger partial charge on any atom is 0.233 e. The number of aryl methyl sites for hydroxylation is 1. The van der Waals surface area contributed by atoms with Gasteiger partial charge in [0.15, 0.2) is 0 Å². The monoisotopic (exact) mass is 329 g/mol. The van der Waals surface area contributed by atoms with Crippen LogP contribution in [0.4, 0.5) is 0 Å². The summed E-state index contributed by atoms with van der Waals surface area (Å²) in [4.78, 5) is 14.0. The molecule has 1 unspecified atom stereocenters. The van der Waals surface area contributed by atoms with Crippen LogP contribution in [0.15, 0.2) is 29.2 Å². The van der Waals surface area contributed by atoms with Crippen LogP contribution in [0, 0.1) is 24.7 Å². The van der Waals surface area contributed by atoms with Gasteiger partial charge in [-0.2, -0.15) is 0 Å². The predicted molar refractivity (Wildman–Crippen MR) is 95.5 cm³/mol. The van der Waals surface area contributed by atoms with E-state index in [9.17, 15) is 4.79 Å². The summed E-state index contributed by atoms with van der Waals surface area (Å²) in [6, 6.07) is 8.47. The van der Waals surface area contributed by atoms with Crippen molar-refractivity contribution in [3.8, 4) is 0 Å². The highest BCUT2D eigenvalue weighted by molar-refractivity contribution is 8.00. The van der Waals surface area contributed by atoms with Crippen LogP contribution in [0.1, 0.15) is 51.0 Å². The first-order chi connectivity index (χ1) is 11.0. The topological polar surface area (TPSA) is 29.1 Å². The van der Waals surface area contributed by atoms with E-state index >= 15 is 0 Å². The van der Waals surface area contributed by atoms with Crippen LogP contribution in [0.25, 0.3) is 0 Å². The molecule has 4 saturated carbocycles. The SMILES string of the molecule is Cc1ccc(SC(C)C(=O)NC23CC4CC(CC(C4)C2)C3)cc1. The summed E-state index contributed by atoms with van der Waals surface area (Å²) < 4.78 is 0. The molecule has 1 atom stereocenters. The van der Waals surface area contributed by atoms with Gasteiger partial charge in [-0.15, -0.1) is 11.8 Å². The number of carbonyl (C=O) groups excluding carboxylic acids is 1. The third-order valence-electron chi connectivity index (χ3n) is 6.13. The minimum Gasteiger partial charge on any atom is -0.350 e. The molecule has 4 aliphatic carbocycles. The van der Waals surface area contributed by atoms with Crippen molar-refractivity contribution in [2.24, 2.45) is 17.8 Å². The second-order valence-electron chi connectivity index (χ2n) is 8.26. The Morgan fingerprint density at radius 1 is 1.09 bits per heavy atom. The van der Waals surface area contributed by atoms with Crippen molar-refractivity contribution < 1.29 is 4.79 Å². The minimum absolute atomic E-state index is 0.0225. The predicted octanol–water partition coefficient (Wildman–Crippen LogP) is 4.56. The van der Waals surface area contributed by atoms with E-state index in [0.717, 1.165) is 17.8 Å². The van der Waals surface area contributed by atoms with Gasteiger partial charge in [-0.05, 0) is 82.3 Å². The fourth-order valence-electron chi connectivity index (χ4n) is 5.50. The molecule has 0 spiro atoms. The van der Waals surface area contributed by atoms with Gasteiger partial charge >= 0.3 is 0 Å². The third kappa shape index (κ3) is 3.17. The quantitative estimate of drug-likeness (QED) is 0.820. The van der Waals surface area contributed by atoms with E-state index in [-0.39, 0.29) is 16.7 Å². The summed E-state index contributed by atoms with van der Waals surface area (Å²) in [7, 11) is 0. The van der Waals surface area contributed by atoms with Crippen molar-refractivity contribution in [1.29, 1.82) is 0 Å². The van der Waals surface area contributed by atoms with Gasteiger partial charge in [-0.25, -0.2) is 0 Å². The van der Waals surface area contributed by atoms with Crippen LogP contribution in [0.3, 0.4) is 0 Å². The van der Waals surface area contributed by atoms with E-state index in [1.54, 1.807) is 11.8 Å². The van der Waals surface area contributed by atoms with E-state index in [1.165, 1.54) is 49.0 Å². The average Bonchev–Trinajstić information content (AvgIpc) is 2.47. The van der Waals surface area contributed by atoms with Crippen LogP contribution in [0.2, 0.25) is 0 Å². The number of hydrogen-bond donors (Lipinski definition) is 1. The van der Waals surface area contributed by atoms with Crippen LogP contribution < -0.4 is 5.32 Å². The molecule has 1 amide bonds. The zero-order valence-electron chi connectivity index (χ0n) is 14.2. The zero-order chi connectivity index (χ0) is 16.0. The number of nitrogens with one attached hydrogen (secondary N) is 1. The third-order valence-corrected chi connectivity index (χ3v) is 7.24. The molecule has 23 heavy (non-hydrogen) atoms. The van der Waals surface area contributed by atoms with Gasteiger partial charge in [0, 0.05) is 10.4 Å². The first kappa shape index (κ1) is 15.6. The van der Waals surface area contributed by atoms with Crippen molar-refractivity contribution >= 4 is 17.7 Å². The van der Waals surface area contributed by atoms with Crippen molar-refractivity contribution in [2.45, 2.75) is 68.1 Å². The largest absolute Gasteiger partial charge is 0.350 e. The van der Waals surface area contributed by atoms with E-state index in [0.29, 0.717) is 0 Å². The van der Waals surface area contributed by atoms with Crippen molar-refractivity contribution in [3.05, 3.63) is 29.8 Å². The number of amides is 1. The maximum absolute atomic E-state index is 12.8. The lowest BCUT2D eigenvalue weighted by Crippen LogP contribution is -2.60. The normalized spacial score (nSPS) is 36.0. The number of thioether (sulfide) groups is 1. The lowest BCUT2D eigenvalue weighted by atomic mass is 9.53. The van der Waals surface area contributed by atoms with Gasteiger partial charge in [0.2, 0.25) is 5.91 Å². The number of rotatable bonds is 4. The molecule has 1 N–H and O–H groups in total. The second-order valence-corrected chi connectivity index (χ2v) is 9.67. The smallest absolute Gasteiger partial charge is 0.233 e. The van der Waals surface area contributed by atoms with Crippen LogP contribution >= 0.6 is 11.8 Å². The van der Waals surface area contributed by atoms with Gasteiger partial charge in [-0.1, -0.05) is 17.7 Å². The van der Waals surface area contributed by atoms with Gasteiger partial charge in [0.1, 0.15) is 0 Å². The Hall–Kier alpha value is -0.960. The van der Waals surface area contributed by atoms with E-state index in [2.05, 4.69) is 36.5 Å². The van der Waals surface area contributed by atoms with Gasteiger partial charge < -0.3 is 5.32 Å².